The number of carbonyl (C=O) groups is 2. The van der Waals surface area contributed by atoms with E-state index in [1.54, 1.807) is 19.1 Å². The van der Waals surface area contributed by atoms with Gasteiger partial charge in [-0.15, -0.1) is 0 Å². The number of carboxylic acids is 1. The molecular weight excluding hydrogens is 553 g/mol. The van der Waals surface area contributed by atoms with Crippen LogP contribution in [-0.2, 0) is 9.59 Å². The maximum atomic E-state index is 11.8. The number of phenolic OH excluding ortho intramolecular Hbond substituents is 1. The first kappa shape index (κ1) is 23.8. The van der Waals surface area contributed by atoms with Gasteiger partial charge in [0.15, 0.2) is 5.75 Å². The van der Waals surface area contributed by atoms with Crippen LogP contribution in [0.3, 0.4) is 0 Å². The topological polar surface area (TPSA) is 95.9 Å². The van der Waals surface area contributed by atoms with Crippen LogP contribution in [0.2, 0.25) is 10.0 Å². The van der Waals surface area contributed by atoms with E-state index in [0.717, 1.165) is 5.56 Å². The third-order valence-electron chi connectivity index (χ3n) is 3.94. The van der Waals surface area contributed by atoms with Crippen molar-refractivity contribution in [1.82, 2.24) is 0 Å². The summed E-state index contributed by atoms with van der Waals surface area (Å²) in [4.78, 5) is 22.5. The summed E-state index contributed by atoms with van der Waals surface area (Å²) in [6.45, 7) is 5.66. The first-order valence-corrected chi connectivity index (χ1v) is 10.7. The Bertz CT molecular complexity index is 966. The zero-order valence-corrected chi connectivity index (χ0v) is 20.3. The molecule has 0 unspecified atom stereocenters. The summed E-state index contributed by atoms with van der Waals surface area (Å²) in [5.74, 6) is -1.06. The van der Waals surface area contributed by atoms with E-state index in [2.05, 4.69) is 37.2 Å². The van der Waals surface area contributed by atoms with Crippen LogP contribution in [0.1, 0.15) is 37.3 Å². The second-order valence-corrected chi connectivity index (χ2v) is 8.86. The average molecular weight is 570 g/mol. The third-order valence-corrected chi connectivity index (χ3v) is 6.67. The third kappa shape index (κ3) is 5.36. The number of aromatic hydroxyl groups is 1. The van der Waals surface area contributed by atoms with Gasteiger partial charge < -0.3 is 20.3 Å². The molecule has 0 aliphatic heterocycles. The number of ether oxygens (including phenoxy) is 1. The zero-order chi connectivity index (χ0) is 22.0. The standard InChI is InChI=1S/C19H17Br2Cl2NO5/c1-7(2)10-5-9(4-8(3)18(10)28)29-19-13(20)15(22)17(16(23)14(19)21)24-11(25)6-12(26)27/h4-5,7,28H,6H2,1-3H3,(H,24,25)(H,26,27). The molecule has 10 heteroatoms. The fourth-order valence-electron chi connectivity index (χ4n) is 2.52. The molecule has 0 atom stereocenters. The molecule has 3 N–H and O–H groups in total. The van der Waals surface area contributed by atoms with Crippen molar-refractivity contribution in [2.24, 2.45) is 0 Å². The van der Waals surface area contributed by atoms with Gasteiger partial charge in [0.1, 0.15) is 17.9 Å². The van der Waals surface area contributed by atoms with E-state index in [4.69, 9.17) is 33.0 Å². The smallest absolute Gasteiger partial charge is 0.312 e. The van der Waals surface area contributed by atoms with E-state index < -0.39 is 18.3 Å². The van der Waals surface area contributed by atoms with Crippen LogP contribution in [0.4, 0.5) is 5.69 Å². The number of aliphatic carboxylic acids is 1. The Morgan fingerprint density at radius 1 is 1.17 bits per heavy atom. The Morgan fingerprint density at radius 3 is 2.21 bits per heavy atom. The molecule has 2 rings (SSSR count). The second-order valence-electron chi connectivity index (χ2n) is 6.51. The number of anilines is 1. The van der Waals surface area contributed by atoms with Gasteiger partial charge >= 0.3 is 5.97 Å². The summed E-state index contributed by atoms with van der Waals surface area (Å²) in [6.07, 6.45) is -0.731. The van der Waals surface area contributed by atoms with Crippen molar-refractivity contribution in [2.75, 3.05) is 5.32 Å². The molecule has 2 aromatic rings. The van der Waals surface area contributed by atoms with E-state index in [9.17, 15) is 14.7 Å². The maximum Gasteiger partial charge on any atom is 0.312 e. The minimum absolute atomic E-state index is 0.0477. The average Bonchev–Trinajstić information content (AvgIpc) is 2.62. The summed E-state index contributed by atoms with van der Waals surface area (Å²) >= 11 is 19.3. The number of nitrogens with one attached hydrogen (secondary N) is 1. The molecule has 0 fully saturated rings. The summed E-state index contributed by atoms with van der Waals surface area (Å²) < 4.78 is 6.58. The van der Waals surface area contributed by atoms with Crippen molar-refractivity contribution in [3.05, 3.63) is 42.3 Å². The molecule has 0 saturated carbocycles. The molecule has 29 heavy (non-hydrogen) atoms. The summed E-state index contributed by atoms with van der Waals surface area (Å²) in [5.41, 5.74) is 1.42. The molecule has 0 saturated heterocycles. The number of amides is 1. The van der Waals surface area contributed by atoms with Gasteiger partial charge in [-0.1, -0.05) is 37.0 Å². The van der Waals surface area contributed by atoms with Crippen molar-refractivity contribution < 1.29 is 24.5 Å². The van der Waals surface area contributed by atoms with E-state index >= 15 is 0 Å². The number of halogens is 4. The largest absolute Gasteiger partial charge is 0.507 e. The van der Waals surface area contributed by atoms with Crippen LogP contribution < -0.4 is 10.1 Å². The molecule has 0 aromatic heterocycles. The Balaban J connectivity index is 2.48. The minimum Gasteiger partial charge on any atom is -0.507 e. The van der Waals surface area contributed by atoms with Crippen molar-refractivity contribution >= 4 is 72.6 Å². The minimum atomic E-state index is -1.28. The van der Waals surface area contributed by atoms with Crippen LogP contribution in [-0.4, -0.2) is 22.1 Å². The van der Waals surface area contributed by atoms with Gasteiger partial charge in [-0.25, -0.2) is 0 Å². The molecule has 0 heterocycles. The molecule has 2 aromatic carbocycles. The van der Waals surface area contributed by atoms with Crippen LogP contribution in [0.5, 0.6) is 17.2 Å². The SMILES string of the molecule is Cc1cc(Oc2c(Br)c(Cl)c(NC(=O)CC(=O)O)c(Cl)c2Br)cc(C(C)C)c1O. The molecule has 0 radical (unpaired) electrons. The fourth-order valence-corrected chi connectivity index (χ4v) is 4.25. The van der Waals surface area contributed by atoms with Gasteiger partial charge in [0.05, 0.1) is 24.7 Å². The van der Waals surface area contributed by atoms with Gasteiger partial charge in [-0.2, -0.15) is 0 Å². The van der Waals surface area contributed by atoms with Crippen LogP contribution in [0.25, 0.3) is 0 Å². The first-order chi connectivity index (χ1) is 13.4. The number of aryl methyl sites for hydroxylation is 1. The lowest BCUT2D eigenvalue weighted by atomic mass is 9.99. The van der Waals surface area contributed by atoms with E-state index in [1.807, 2.05) is 13.8 Å². The van der Waals surface area contributed by atoms with Crippen molar-refractivity contribution in [3.8, 4) is 17.2 Å². The van der Waals surface area contributed by atoms with E-state index in [-0.39, 0.29) is 33.1 Å². The maximum absolute atomic E-state index is 11.8. The molecule has 6 nitrogen and oxygen atoms in total. The number of rotatable bonds is 6. The second kappa shape index (κ2) is 9.55. The van der Waals surface area contributed by atoms with Crippen molar-refractivity contribution in [2.45, 2.75) is 33.1 Å². The molecular formula is C19H17Br2Cl2NO5. The van der Waals surface area contributed by atoms with Crippen molar-refractivity contribution in [1.29, 1.82) is 0 Å². The zero-order valence-electron chi connectivity index (χ0n) is 15.6. The summed E-state index contributed by atoms with van der Waals surface area (Å²) in [6, 6.07) is 3.39. The van der Waals surface area contributed by atoms with Crippen molar-refractivity contribution in [3.63, 3.8) is 0 Å². The first-order valence-electron chi connectivity index (χ1n) is 8.32. The Morgan fingerprint density at radius 2 is 1.72 bits per heavy atom. The molecule has 1 amide bonds. The molecule has 156 valence electrons. The van der Waals surface area contributed by atoms with Gasteiger partial charge in [0, 0.05) is 5.56 Å². The van der Waals surface area contributed by atoms with Gasteiger partial charge in [0.25, 0.3) is 0 Å². The summed E-state index contributed by atoms with van der Waals surface area (Å²) in [5, 5.41) is 21.5. The molecule has 0 spiro atoms. The molecule has 0 aliphatic rings. The number of hydrogen-bond acceptors (Lipinski definition) is 4. The Kier molecular flexibility index (Phi) is 7.84. The normalized spacial score (nSPS) is 10.9. The number of carbonyl (C=O) groups excluding carboxylic acids is 1. The van der Waals surface area contributed by atoms with Crippen LogP contribution >= 0.6 is 55.1 Å². The predicted molar refractivity (Wildman–Crippen MR) is 120 cm³/mol. The van der Waals surface area contributed by atoms with Gasteiger partial charge in [-0.3, -0.25) is 9.59 Å². The van der Waals surface area contributed by atoms with Gasteiger partial charge in [0.2, 0.25) is 5.91 Å². The number of phenols is 1. The number of hydrogen-bond donors (Lipinski definition) is 3. The monoisotopic (exact) mass is 567 g/mol. The van der Waals surface area contributed by atoms with Gasteiger partial charge in [-0.05, 0) is 62.4 Å². The van der Waals surface area contributed by atoms with E-state index in [1.165, 1.54) is 0 Å². The Labute approximate surface area is 194 Å². The number of benzene rings is 2. The lowest BCUT2D eigenvalue weighted by Gasteiger charge is -2.18. The lowest BCUT2D eigenvalue weighted by Crippen LogP contribution is -2.16. The molecule has 0 bridgehead atoms. The highest BCUT2D eigenvalue weighted by Crippen LogP contribution is 2.50. The molecule has 0 aliphatic carbocycles. The summed E-state index contributed by atoms with van der Waals surface area (Å²) in [7, 11) is 0. The fraction of sp³-hybridized carbons (Fsp3) is 0.263. The van der Waals surface area contributed by atoms with Crippen LogP contribution in [0.15, 0.2) is 21.1 Å². The quantitative estimate of drug-likeness (QED) is 0.261. The predicted octanol–water partition coefficient (Wildman–Crippen LogP) is 6.86. The number of carboxylic acid groups (broad SMARTS) is 1. The van der Waals surface area contributed by atoms with Crippen LogP contribution in [0, 0.1) is 6.92 Å². The highest BCUT2D eigenvalue weighted by atomic mass is 79.9. The highest BCUT2D eigenvalue weighted by molar-refractivity contribution is 9.11. The Hall–Kier alpha value is -1.48. The highest BCUT2D eigenvalue weighted by Gasteiger charge is 2.24. The van der Waals surface area contributed by atoms with E-state index in [0.29, 0.717) is 20.3 Å². The lowest BCUT2D eigenvalue weighted by molar-refractivity contribution is -0.139.